The zero-order chi connectivity index (χ0) is 14.4. The first kappa shape index (κ1) is 14.6. The quantitative estimate of drug-likeness (QED) is 0.725. The number of anilines is 2. The molecular formula is C15H25N5. The topological polar surface area (TPSA) is 54.2 Å². The van der Waals surface area contributed by atoms with Gasteiger partial charge >= 0.3 is 0 Å². The molecule has 5 heteroatoms. The van der Waals surface area contributed by atoms with Crippen molar-refractivity contribution in [2.24, 2.45) is 5.92 Å². The molecule has 0 bridgehead atoms. The lowest BCUT2D eigenvalue weighted by Gasteiger charge is -2.11. The van der Waals surface area contributed by atoms with Crippen LogP contribution in [0.2, 0.25) is 0 Å². The third-order valence-corrected chi connectivity index (χ3v) is 3.18. The molecule has 0 aliphatic carbocycles. The maximum atomic E-state index is 4.62. The van der Waals surface area contributed by atoms with Crippen LogP contribution in [0.4, 0.5) is 11.6 Å². The highest BCUT2D eigenvalue weighted by atomic mass is 15.1. The lowest BCUT2D eigenvalue weighted by Crippen LogP contribution is -2.09. The normalized spacial score (nSPS) is 11.2. The van der Waals surface area contributed by atoms with Gasteiger partial charge in [-0.25, -0.2) is 9.97 Å². The molecule has 0 atom stereocenters. The third-order valence-electron chi connectivity index (χ3n) is 3.18. The Bertz CT molecular complexity index is 532. The van der Waals surface area contributed by atoms with E-state index in [4.69, 9.17) is 0 Å². The van der Waals surface area contributed by atoms with E-state index in [9.17, 15) is 0 Å². The number of aromatic nitrogens is 3. The van der Waals surface area contributed by atoms with Crippen LogP contribution in [0.1, 0.15) is 40.0 Å². The Morgan fingerprint density at radius 3 is 2.85 bits per heavy atom. The van der Waals surface area contributed by atoms with Gasteiger partial charge in [0.2, 0.25) is 0 Å². The maximum Gasteiger partial charge on any atom is 0.180 e. The molecule has 20 heavy (non-hydrogen) atoms. The van der Waals surface area contributed by atoms with E-state index >= 15 is 0 Å². The van der Waals surface area contributed by atoms with Gasteiger partial charge in [-0.3, -0.25) is 0 Å². The molecule has 0 amide bonds. The highest BCUT2D eigenvalue weighted by molar-refractivity contribution is 5.65. The van der Waals surface area contributed by atoms with E-state index < -0.39 is 0 Å². The minimum absolute atomic E-state index is 0.744. The molecule has 0 aromatic carbocycles. The van der Waals surface area contributed by atoms with Crippen molar-refractivity contribution in [3.05, 3.63) is 18.6 Å². The van der Waals surface area contributed by atoms with Crippen molar-refractivity contribution in [2.75, 3.05) is 23.7 Å². The van der Waals surface area contributed by atoms with Gasteiger partial charge in [0.15, 0.2) is 11.5 Å². The minimum atomic E-state index is 0.744. The van der Waals surface area contributed by atoms with Crippen LogP contribution in [0.3, 0.4) is 0 Å². The van der Waals surface area contributed by atoms with Crippen molar-refractivity contribution >= 4 is 17.3 Å². The van der Waals surface area contributed by atoms with Crippen molar-refractivity contribution in [3.63, 3.8) is 0 Å². The highest BCUT2D eigenvalue weighted by Gasteiger charge is 2.06. The van der Waals surface area contributed by atoms with E-state index in [0.29, 0.717) is 0 Å². The van der Waals surface area contributed by atoms with Crippen LogP contribution in [-0.2, 0) is 0 Å². The van der Waals surface area contributed by atoms with E-state index in [2.05, 4.69) is 41.4 Å². The summed E-state index contributed by atoms with van der Waals surface area (Å²) >= 11 is 0. The van der Waals surface area contributed by atoms with Gasteiger partial charge in [0.1, 0.15) is 5.82 Å². The molecule has 0 radical (unpaired) electrons. The third kappa shape index (κ3) is 3.85. The van der Waals surface area contributed by atoms with Crippen LogP contribution in [0.15, 0.2) is 18.6 Å². The zero-order valence-corrected chi connectivity index (χ0v) is 12.7. The summed E-state index contributed by atoms with van der Waals surface area (Å²) in [5, 5.41) is 6.74. The molecule has 2 rings (SSSR count). The summed E-state index contributed by atoms with van der Waals surface area (Å²) in [6.45, 7) is 8.51. The van der Waals surface area contributed by atoms with Crippen LogP contribution in [0, 0.1) is 5.92 Å². The van der Waals surface area contributed by atoms with Crippen LogP contribution in [0.25, 0.3) is 5.65 Å². The second-order valence-corrected chi connectivity index (χ2v) is 5.52. The highest BCUT2D eigenvalue weighted by Crippen LogP contribution is 2.16. The zero-order valence-electron chi connectivity index (χ0n) is 12.7. The Labute approximate surface area is 120 Å². The fourth-order valence-corrected chi connectivity index (χ4v) is 2.11. The molecule has 2 aromatic heterocycles. The first-order chi connectivity index (χ1) is 9.70. The number of fused-ring (bicyclic) bond motifs is 1. The molecule has 0 aliphatic heterocycles. The number of nitrogens with one attached hydrogen (secondary N) is 2. The molecular weight excluding hydrogens is 250 g/mol. The summed E-state index contributed by atoms with van der Waals surface area (Å²) in [6.07, 6.45) is 9.20. The molecule has 5 nitrogen and oxygen atoms in total. The van der Waals surface area contributed by atoms with E-state index in [1.54, 1.807) is 6.20 Å². The summed E-state index contributed by atoms with van der Waals surface area (Å²) in [6, 6.07) is 0. The largest absolute Gasteiger partial charge is 0.369 e. The van der Waals surface area contributed by atoms with Gasteiger partial charge < -0.3 is 15.0 Å². The standard InChI is InChI=1S/C15H25N5/c1-4-7-16-13-11-20-10-9-18-15(20)14(19-13)17-8-5-6-12(2)3/h9-12,16H,4-8H2,1-3H3,(H,17,19). The molecule has 0 fully saturated rings. The van der Waals surface area contributed by atoms with Crippen molar-refractivity contribution < 1.29 is 0 Å². The number of nitrogens with zero attached hydrogens (tertiary/aromatic N) is 3. The fraction of sp³-hybridized carbons (Fsp3) is 0.600. The smallest absolute Gasteiger partial charge is 0.180 e. The van der Waals surface area contributed by atoms with E-state index in [1.165, 1.54) is 6.42 Å². The summed E-state index contributed by atoms with van der Waals surface area (Å²) < 4.78 is 2.01. The van der Waals surface area contributed by atoms with Crippen LogP contribution >= 0.6 is 0 Å². The Hall–Kier alpha value is -1.78. The van der Waals surface area contributed by atoms with Gasteiger partial charge in [0, 0.05) is 25.5 Å². The van der Waals surface area contributed by atoms with E-state index in [-0.39, 0.29) is 0 Å². The van der Waals surface area contributed by atoms with Crippen molar-refractivity contribution in [1.29, 1.82) is 0 Å². The molecule has 0 saturated heterocycles. The lowest BCUT2D eigenvalue weighted by atomic mass is 10.1. The van der Waals surface area contributed by atoms with Gasteiger partial charge in [-0.05, 0) is 25.2 Å². The summed E-state index contributed by atoms with van der Waals surface area (Å²) in [5.74, 6) is 2.50. The molecule has 110 valence electrons. The van der Waals surface area contributed by atoms with Gasteiger partial charge in [-0.15, -0.1) is 0 Å². The summed E-state index contributed by atoms with van der Waals surface area (Å²) in [5.41, 5.74) is 0.886. The average Bonchev–Trinajstić information content (AvgIpc) is 2.89. The predicted octanol–water partition coefficient (Wildman–Crippen LogP) is 3.40. The van der Waals surface area contributed by atoms with Crippen molar-refractivity contribution in [3.8, 4) is 0 Å². The Kier molecular flexibility index (Phi) is 5.21. The number of imidazole rings is 1. The van der Waals surface area contributed by atoms with E-state index in [0.717, 1.165) is 49.1 Å². The van der Waals surface area contributed by atoms with Crippen LogP contribution in [-0.4, -0.2) is 27.5 Å². The first-order valence-corrected chi connectivity index (χ1v) is 7.52. The van der Waals surface area contributed by atoms with Gasteiger partial charge in [-0.1, -0.05) is 20.8 Å². The van der Waals surface area contributed by atoms with Crippen LogP contribution < -0.4 is 10.6 Å². The van der Waals surface area contributed by atoms with Gasteiger partial charge in [0.05, 0.1) is 6.20 Å². The Morgan fingerprint density at radius 2 is 2.10 bits per heavy atom. The van der Waals surface area contributed by atoms with Crippen molar-refractivity contribution in [1.82, 2.24) is 14.4 Å². The second-order valence-electron chi connectivity index (χ2n) is 5.52. The molecule has 0 aliphatic rings. The van der Waals surface area contributed by atoms with Crippen LogP contribution in [0.5, 0.6) is 0 Å². The Balaban J connectivity index is 2.07. The predicted molar refractivity (Wildman–Crippen MR) is 84.3 cm³/mol. The molecule has 0 unspecified atom stereocenters. The first-order valence-electron chi connectivity index (χ1n) is 7.52. The molecule has 0 saturated carbocycles. The summed E-state index contributed by atoms with van der Waals surface area (Å²) in [7, 11) is 0. The number of hydrogen-bond donors (Lipinski definition) is 2. The molecule has 2 heterocycles. The molecule has 2 aromatic rings. The average molecular weight is 275 g/mol. The van der Waals surface area contributed by atoms with Gasteiger partial charge in [-0.2, -0.15) is 0 Å². The van der Waals surface area contributed by atoms with Crippen molar-refractivity contribution in [2.45, 2.75) is 40.0 Å². The molecule has 2 N–H and O–H groups in total. The second kappa shape index (κ2) is 7.12. The van der Waals surface area contributed by atoms with E-state index in [1.807, 2.05) is 16.8 Å². The van der Waals surface area contributed by atoms with Gasteiger partial charge in [0.25, 0.3) is 0 Å². The summed E-state index contributed by atoms with van der Waals surface area (Å²) in [4.78, 5) is 8.99. The molecule has 0 spiro atoms. The minimum Gasteiger partial charge on any atom is -0.369 e. The monoisotopic (exact) mass is 275 g/mol. The SMILES string of the molecule is CCCNc1cn2ccnc2c(NCCCC(C)C)n1. The number of rotatable bonds is 8. The Morgan fingerprint density at radius 1 is 1.25 bits per heavy atom. The maximum absolute atomic E-state index is 4.62. The lowest BCUT2D eigenvalue weighted by molar-refractivity contribution is 0.567. The fourth-order valence-electron chi connectivity index (χ4n) is 2.11. The number of hydrogen-bond acceptors (Lipinski definition) is 4.